The normalized spacial score (nSPS) is 11.2. The Hall–Kier alpha value is -1.58. The van der Waals surface area contributed by atoms with Crippen LogP contribution in [0.1, 0.15) is 32.8 Å². The maximum atomic E-state index is 11.8. The SMILES string of the molecule is CN(C)c1ncccc1CNC(=O)CC(C)(C)C. The lowest BCUT2D eigenvalue weighted by molar-refractivity contribution is -0.122. The Bertz CT molecular complexity index is 408. The van der Waals surface area contributed by atoms with Crippen molar-refractivity contribution >= 4 is 11.7 Å². The third-order valence-corrected chi connectivity index (χ3v) is 2.46. The molecule has 0 aromatic carbocycles. The van der Waals surface area contributed by atoms with Gasteiger partial charge in [-0.15, -0.1) is 0 Å². The molecule has 1 N–H and O–H groups in total. The van der Waals surface area contributed by atoms with E-state index in [1.165, 1.54) is 0 Å². The molecule has 0 saturated carbocycles. The minimum atomic E-state index is 0.0173. The quantitative estimate of drug-likeness (QED) is 0.889. The van der Waals surface area contributed by atoms with Crippen LogP contribution in [0.4, 0.5) is 5.82 Å². The Morgan fingerprint density at radius 3 is 2.61 bits per heavy atom. The molecule has 100 valence electrons. The largest absolute Gasteiger partial charge is 0.362 e. The summed E-state index contributed by atoms with van der Waals surface area (Å²) in [6, 6.07) is 3.87. The second kappa shape index (κ2) is 5.85. The molecule has 0 atom stereocenters. The fraction of sp³-hybridized carbons (Fsp3) is 0.571. The minimum absolute atomic E-state index is 0.0173. The van der Waals surface area contributed by atoms with Crippen LogP contribution in [0.5, 0.6) is 0 Å². The number of rotatable bonds is 4. The molecule has 4 nitrogen and oxygen atoms in total. The van der Waals surface area contributed by atoms with E-state index in [1.807, 2.05) is 31.1 Å². The highest BCUT2D eigenvalue weighted by Gasteiger charge is 2.16. The lowest BCUT2D eigenvalue weighted by Crippen LogP contribution is -2.28. The average Bonchev–Trinajstić information content (AvgIpc) is 2.24. The molecule has 18 heavy (non-hydrogen) atoms. The van der Waals surface area contributed by atoms with Gasteiger partial charge in [-0.1, -0.05) is 26.8 Å². The first-order valence-electron chi connectivity index (χ1n) is 6.17. The van der Waals surface area contributed by atoms with Gasteiger partial charge < -0.3 is 10.2 Å². The van der Waals surface area contributed by atoms with Gasteiger partial charge in [-0.2, -0.15) is 0 Å². The fourth-order valence-electron chi connectivity index (χ4n) is 1.71. The Morgan fingerprint density at radius 2 is 2.06 bits per heavy atom. The predicted octanol–water partition coefficient (Wildman–Crippen LogP) is 2.20. The first kappa shape index (κ1) is 14.5. The van der Waals surface area contributed by atoms with Crippen molar-refractivity contribution in [3.05, 3.63) is 23.9 Å². The van der Waals surface area contributed by atoms with Crippen molar-refractivity contribution in [1.82, 2.24) is 10.3 Å². The molecule has 0 aliphatic rings. The Balaban J connectivity index is 2.61. The standard InChI is InChI=1S/C14H23N3O/c1-14(2,3)9-12(18)16-10-11-7-6-8-15-13(11)17(4)5/h6-8H,9-10H2,1-5H3,(H,16,18). The summed E-state index contributed by atoms with van der Waals surface area (Å²) in [6.45, 7) is 6.70. The van der Waals surface area contributed by atoms with Crippen LogP contribution in [0.15, 0.2) is 18.3 Å². The van der Waals surface area contributed by atoms with E-state index in [-0.39, 0.29) is 11.3 Å². The minimum Gasteiger partial charge on any atom is -0.362 e. The molecule has 0 spiro atoms. The second-order valence-electron chi connectivity index (χ2n) is 5.89. The highest BCUT2D eigenvalue weighted by atomic mass is 16.1. The van der Waals surface area contributed by atoms with Gasteiger partial charge in [0.1, 0.15) is 5.82 Å². The summed E-state index contributed by atoms with van der Waals surface area (Å²) in [5.74, 6) is 0.976. The summed E-state index contributed by atoms with van der Waals surface area (Å²) in [4.78, 5) is 18.0. The summed E-state index contributed by atoms with van der Waals surface area (Å²) in [5, 5.41) is 2.95. The summed E-state index contributed by atoms with van der Waals surface area (Å²) in [5.41, 5.74) is 1.05. The number of carbonyl (C=O) groups excluding carboxylic acids is 1. The van der Waals surface area contributed by atoms with Crippen LogP contribution in [-0.2, 0) is 11.3 Å². The third kappa shape index (κ3) is 4.73. The van der Waals surface area contributed by atoms with E-state index in [1.54, 1.807) is 6.20 Å². The van der Waals surface area contributed by atoms with Crippen LogP contribution in [0.2, 0.25) is 0 Å². The molecule has 1 amide bonds. The van der Waals surface area contributed by atoms with E-state index < -0.39 is 0 Å². The van der Waals surface area contributed by atoms with E-state index in [4.69, 9.17) is 0 Å². The molecule has 0 aliphatic heterocycles. The number of amides is 1. The van der Waals surface area contributed by atoms with Gasteiger partial charge in [0.05, 0.1) is 0 Å². The van der Waals surface area contributed by atoms with E-state index in [9.17, 15) is 4.79 Å². The van der Waals surface area contributed by atoms with Crippen molar-refractivity contribution in [3.63, 3.8) is 0 Å². The predicted molar refractivity (Wildman–Crippen MR) is 74.5 cm³/mol. The van der Waals surface area contributed by atoms with Gasteiger partial charge >= 0.3 is 0 Å². The van der Waals surface area contributed by atoms with Gasteiger partial charge in [0, 0.05) is 38.8 Å². The summed E-state index contributed by atoms with van der Waals surface area (Å²) in [6.07, 6.45) is 2.29. The molecular weight excluding hydrogens is 226 g/mol. The second-order valence-corrected chi connectivity index (χ2v) is 5.89. The maximum Gasteiger partial charge on any atom is 0.220 e. The fourth-order valence-corrected chi connectivity index (χ4v) is 1.71. The van der Waals surface area contributed by atoms with Gasteiger partial charge in [0.15, 0.2) is 0 Å². The van der Waals surface area contributed by atoms with Gasteiger partial charge in [-0.25, -0.2) is 4.98 Å². The first-order valence-corrected chi connectivity index (χ1v) is 6.17. The lowest BCUT2D eigenvalue weighted by atomic mass is 9.92. The molecular formula is C14H23N3O. The van der Waals surface area contributed by atoms with E-state index in [0.29, 0.717) is 13.0 Å². The zero-order valence-electron chi connectivity index (χ0n) is 11.9. The molecule has 1 aromatic rings. The number of nitrogens with one attached hydrogen (secondary N) is 1. The molecule has 1 rings (SSSR count). The van der Waals surface area contributed by atoms with Crippen molar-refractivity contribution in [1.29, 1.82) is 0 Å². The van der Waals surface area contributed by atoms with Gasteiger partial charge in [0.25, 0.3) is 0 Å². The maximum absolute atomic E-state index is 11.8. The number of nitrogens with zero attached hydrogens (tertiary/aromatic N) is 2. The van der Waals surface area contributed by atoms with Crippen molar-refractivity contribution in [3.8, 4) is 0 Å². The first-order chi connectivity index (χ1) is 8.29. The molecule has 1 heterocycles. The topological polar surface area (TPSA) is 45.2 Å². The van der Waals surface area contributed by atoms with Crippen molar-refractivity contribution in [2.45, 2.75) is 33.7 Å². The Labute approximate surface area is 109 Å². The smallest absolute Gasteiger partial charge is 0.220 e. The van der Waals surface area contributed by atoms with Crippen molar-refractivity contribution in [2.24, 2.45) is 5.41 Å². The number of hydrogen-bond acceptors (Lipinski definition) is 3. The third-order valence-electron chi connectivity index (χ3n) is 2.46. The van der Waals surface area contributed by atoms with Crippen molar-refractivity contribution < 1.29 is 4.79 Å². The average molecular weight is 249 g/mol. The van der Waals surface area contributed by atoms with Gasteiger partial charge in [0.2, 0.25) is 5.91 Å². The van der Waals surface area contributed by atoms with Crippen LogP contribution in [0, 0.1) is 5.41 Å². The lowest BCUT2D eigenvalue weighted by Gasteiger charge is -2.19. The Morgan fingerprint density at radius 1 is 1.39 bits per heavy atom. The number of carbonyl (C=O) groups is 1. The number of pyridine rings is 1. The number of hydrogen-bond donors (Lipinski definition) is 1. The number of anilines is 1. The van der Waals surface area contributed by atoms with Gasteiger partial charge in [-0.3, -0.25) is 4.79 Å². The molecule has 0 fully saturated rings. The molecule has 0 saturated heterocycles. The summed E-state index contributed by atoms with van der Waals surface area (Å²) >= 11 is 0. The van der Waals surface area contributed by atoms with Crippen LogP contribution >= 0.6 is 0 Å². The summed E-state index contributed by atoms with van der Waals surface area (Å²) < 4.78 is 0. The van der Waals surface area contributed by atoms with E-state index in [0.717, 1.165) is 11.4 Å². The zero-order valence-corrected chi connectivity index (χ0v) is 11.9. The zero-order chi connectivity index (χ0) is 13.8. The highest BCUT2D eigenvalue weighted by Crippen LogP contribution is 2.18. The highest BCUT2D eigenvalue weighted by molar-refractivity contribution is 5.76. The van der Waals surface area contributed by atoms with Crippen molar-refractivity contribution in [2.75, 3.05) is 19.0 Å². The monoisotopic (exact) mass is 249 g/mol. The van der Waals surface area contributed by atoms with E-state index in [2.05, 4.69) is 31.1 Å². The van der Waals surface area contributed by atoms with Gasteiger partial charge in [-0.05, 0) is 11.5 Å². The summed E-state index contributed by atoms with van der Waals surface area (Å²) in [7, 11) is 3.89. The Kier molecular flexibility index (Phi) is 4.70. The van der Waals surface area contributed by atoms with Crippen LogP contribution < -0.4 is 10.2 Å². The molecule has 0 unspecified atom stereocenters. The van der Waals surface area contributed by atoms with Crippen LogP contribution in [-0.4, -0.2) is 25.0 Å². The number of aromatic nitrogens is 1. The molecule has 1 aromatic heterocycles. The molecule has 4 heteroatoms. The molecule has 0 aliphatic carbocycles. The molecule has 0 radical (unpaired) electrons. The molecule has 0 bridgehead atoms. The van der Waals surface area contributed by atoms with Crippen LogP contribution in [0.3, 0.4) is 0 Å². The van der Waals surface area contributed by atoms with Crippen LogP contribution in [0.25, 0.3) is 0 Å². The van der Waals surface area contributed by atoms with E-state index >= 15 is 0 Å².